The van der Waals surface area contributed by atoms with E-state index >= 15 is 0 Å². The van der Waals surface area contributed by atoms with Crippen LogP contribution in [-0.4, -0.2) is 30.9 Å². The first-order valence-electron chi connectivity index (χ1n) is 5.95. The third-order valence-corrected chi connectivity index (χ3v) is 3.17. The van der Waals surface area contributed by atoms with Crippen molar-refractivity contribution in [3.8, 4) is 0 Å². The molecule has 0 aromatic heterocycles. The lowest BCUT2D eigenvalue weighted by Gasteiger charge is -2.28. The van der Waals surface area contributed by atoms with Crippen LogP contribution in [0.5, 0.6) is 0 Å². The van der Waals surface area contributed by atoms with Gasteiger partial charge in [0.2, 0.25) is 0 Å². The van der Waals surface area contributed by atoms with E-state index in [0.717, 1.165) is 5.69 Å². The largest absolute Gasteiger partial charge is 0.397 e. The maximum atomic E-state index is 11.7. The molecule has 0 aliphatic heterocycles. The van der Waals surface area contributed by atoms with E-state index in [-0.39, 0.29) is 5.91 Å². The van der Waals surface area contributed by atoms with Crippen molar-refractivity contribution in [2.45, 2.75) is 25.3 Å². The number of anilines is 2. The molecule has 0 radical (unpaired) electrons. The van der Waals surface area contributed by atoms with E-state index in [1.807, 2.05) is 12.1 Å². The number of carbonyl (C=O) groups is 1. The van der Waals surface area contributed by atoms with E-state index in [0.29, 0.717) is 17.3 Å². The van der Waals surface area contributed by atoms with Crippen LogP contribution in [0.3, 0.4) is 0 Å². The van der Waals surface area contributed by atoms with Crippen LogP contribution in [0.1, 0.15) is 29.6 Å². The number of benzene rings is 1. The summed E-state index contributed by atoms with van der Waals surface area (Å²) >= 11 is 0. The van der Waals surface area contributed by atoms with Gasteiger partial charge in [0.1, 0.15) is 0 Å². The van der Waals surface area contributed by atoms with Crippen LogP contribution in [0.15, 0.2) is 18.2 Å². The van der Waals surface area contributed by atoms with Crippen LogP contribution in [0, 0.1) is 0 Å². The smallest absolute Gasteiger partial charge is 0.253 e. The van der Waals surface area contributed by atoms with Crippen molar-refractivity contribution < 1.29 is 4.79 Å². The summed E-state index contributed by atoms with van der Waals surface area (Å²) in [5.41, 5.74) is 8.16. The van der Waals surface area contributed by atoms with Crippen LogP contribution >= 0.6 is 0 Å². The van der Waals surface area contributed by atoms with Gasteiger partial charge < -0.3 is 16.0 Å². The lowest BCUT2D eigenvalue weighted by Crippen LogP contribution is -2.27. The molecule has 4 nitrogen and oxygen atoms in total. The zero-order valence-corrected chi connectivity index (χ0v) is 10.4. The fraction of sp³-hybridized carbons (Fsp3) is 0.462. The Morgan fingerprint density at radius 1 is 1.41 bits per heavy atom. The quantitative estimate of drug-likeness (QED) is 0.784. The molecule has 0 unspecified atom stereocenters. The van der Waals surface area contributed by atoms with Gasteiger partial charge in [-0.25, -0.2) is 0 Å². The van der Waals surface area contributed by atoms with Crippen molar-refractivity contribution in [1.82, 2.24) is 4.90 Å². The predicted molar refractivity (Wildman–Crippen MR) is 70.1 cm³/mol. The maximum absolute atomic E-state index is 11.7. The van der Waals surface area contributed by atoms with Gasteiger partial charge in [0.05, 0.1) is 11.4 Å². The van der Waals surface area contributed by atoms with E-state index in [1.54, 1.807) is 25.1 Å². The van der Waals surface area contributed by atoms with Crippen molar-refractivity contribution in [2.24, 2.45) is 0 Å². The Kier molecular flexibility index (Phi) is 3.22. The summed E-state index contributed by atoms with van der Waals surface area (Å²) in [6.45, 7) is 0. The molecule has 2 rings (SSSR count). The Hall–Kier alpha value is -1.71. The number of hydrogen-bond donors (Lipinski definition) is 2. The highest BCUT2D eigenvalue weighted by Crippen LogP contribution is 2.27. The highest BCUT2D eigenvalue weighted by atomic mass is 16.2. The van der Waals surface area contributed by atoms with Crippen LogP contribution < -0.4 is 11.1 Å². The van der Waals surface area contributed by atoms with Gasteiger partial charge in [-0.1, -0.05) is 0 Å². The van der Waals surface area contributed by atoms with Gasteiger partial charge in [-0.2, -0.15) is 0 Å². The normalized spacial score (nSPS) is 15.2. The molecule has 0 heterocycles. The topological polar surface area (TPSA) is 58.4 Å². The van der Waals surface area contributed by atoms with Gasteiger partial charge in [0, 0.05) is 25.7 Å². The molecule has 17 heavy (non-hydrogen) atoms. The highest BCUT2D eigenvalue weighted by molar-refractivity contribution is 5.95. The Labute approximate surface area is 102 Å². The molecule has 1 amide bonds. The minimum absolute atomic E-state index is 0.0214. The number of nitrogens with one attached hydrogen (secondary N) is 1. The van der Waals surface area contributed by atoms with E-state index < -0.39 is 0 Å². The van der Waals surface area contributed by atoms with Crippen molar-refractivity contribution in [3.05, 3.63) is 23.8 Å². The zero-order valence-electron chi connectivity index (χ0n) is 10.4. The fourth-order valence-electron chi connectivity index (χ4n) is 1.86. The minimum atomic E-state index is -0.0214. The molecular formula is C13H19N3O. The number of nitrogens with two attached hydrogens (primary N) is 1. The second kappa shape index (κ2) is 4.65. The molecule has 1 aromatic carbocycles. The van der Waals surface area contributed by atoms with Crippen molar-refractivity contribution in [1.29, 1.82) is 0 Å². The molecule has 1 saturated carbocycles. The molecule has 4 heteroatoms. The highest BCUT2D eigenvalue weighted by Gasteiger charge is 2.18. The number of nitrogen functional groups attached to an aromatic ring is 1. The summed E-state index contributed by atoms with van der Waals surface area (Å²) in [6.07, 6.45) is 3.70. The first kappa shape index (κ1) is 11.8. The molecule has 0 atom stereocenters. The Morgan fingerprint density at radius 2 is 2.12 bits per heavy atom. The first-order valence-corrected chi connectivity index (χ1v) is 5.95. The van der Waals surface area contributed by atoms with Crippen LogP contribution in [0.4, 0.5) is 11.4 Å². The summed E-state index contributed by atoms with van der Waals surface area (Å²) in [5, 5.41) is 3.39. The lowest BCUT2D eigenvalue weighted by molar-refractivity contribution is 0.0827. The molecule has 92 valence electrons. The lowest BCUT2D eigenvalue weighted by atomic mass is 9.93. The summed E-state index contributed by atoms with van der Waals surface area (Å²) in [4.78, 5) is 13.3. The summed E-state index contributed by atoms with van der Waals surface area (Å²) in [6, 6.07) is 6.00. The molecule has 1 aliphatic carbocycles. The first-order chi connectivity index (χ1) is 8.08. The molecule has 1 aromatic rings. The number of hydrogen-bond acceptors (Lipinski definition) is 3. The van der Waals surface area contributed by atoms with Crippen LogP contribution in [0.2, 0.25) is 0 Å². The summed E-state index contributed by atoms with van der Waals surface area (Å²) in [7, 11) is 3.47. The van der Waals surface area contributed by atoms with E-state index in [4.69, 9.17) is 5.73 Å². The van der Waals surface area contributed by atoms with Crippen LogP contribution in [-0.2, 0) is 0 Å². The zero-order chi connectivity index (χ0) is 12.4. The fourth-order valence-corrected chi connectivity index (χ4v) is 1.86. The third-order valence-electron chi connectivity index (χ3n) is 3.17. The van der Waals surface area contributed by atoms with Gasteiger partial charge >= 0.3 is 0 Å². The molecule has 1 fully saturated rings. The number of carbonyl (C=O) groups excluding carboxylic acids is 1. The van der Waals surface area contributed by atoms with Crippen LogP contribution in [0.25, 0.3) is 0 Å². The maximum Gasteiger partial charge on any atom is 0.253 e. The average Bonchev–Trinajstić information content (AvgIpc) is 2.23. The van der Waals surface area contributed by atoms with E-state index in [9.17, 15) is 4.79 Å². The third kappa shape index (κ3) is 2.52. The molecule has 1 aliphatic rings. The van der Waals surface area contributed by atoms with Gasteiger partial charge in [0.15, 0.2) is 0 Å². The second-order valence-electron chi connectivity index (χ2n) is 4.77. The minimum Gasteiger partial charge on any atom is -0.397 e. The SMILES string of the molecule is CN(C)C(=O)c1ccc(NC2CCC2)c(N)c1. The van der Waals surface area contributed by atoms with Gasteiger partial charge in [-0.3, -0.25) is 4.79 Å². The molecule has 0 spiro atoms. The van der Waals surface area contributed by atoms with E-state index in [2.05, 4.69) is 5.32 Å². The Balaban J connectivity index is 2.13. The van der Waals surface area contributed by atoms with Gasteiger partial charge in [-0.05, 0) is 37.5 Å². The molecular weight excluding hydrogens is 214 g/mol. The monoisotopic (exact) mass is 233 g/mol. The molecule has 3 N–H and O–H groups in total. The van der Waals surface area contributed by atoms with Gasteiger partial charge in [-0.15, -0.1) is 0 Å². The standard InChI is InChI=1S/C13H19N3O/c1-16(2)13(17)9-6-7-12(11(14)8-9)15-10-4-3-5-10/h6-8,10,15H,3-5,14H2,1-2H3. The Morgan fingerprint density at radius 3 is 2.59 bits per heavy atom. The number of amides is 1. The molecule has 0 bridgehead atoms. The predicted octanol–water partition coefficient (Wildman–Crippen LogP) is 1.93. The van der Waals surface area contributed by atoms with Crippen molar-refractivity contribution in [3.63, 3.8) is 0 Å². The molecule has 0 saturated heterocycles. The summed E-state index contributed by atoms with van der Waals surface area (Å²) < 4.78 is 0. The average molecular weight is 233 g/mol. The Bertz CT molecular complexity index is 425. The number of rotatable bonds is 3. The summed E-state index contributed by atoms with van der Waals surface area (Å²) in [5.74, 6) is -0.0214. The van der Waals surface area contributed by atoms with Crippen molar-refractivity contribution >= 4 is 17.3 Å². The van der Waals surface area contributed by atoms with E-state index in [1.165, 1.54) is 19.3 Å². The van der Waals surface area contributed by atoms with Gasteiger partial charge in [0.25, 0.3) is 5.91 Å². The second-order valence-corrected chi connectivity index (χ2v) is 4.77. The van der Waals surface area contributed by atoms with Crippen molar-refractivity contribution in [2.75, 3.05) is 25.1 Å². The number of nitrogens with zero attached hydrogens (tertiary/aromatic N) is 1.